The molecule has 0 spiro atoms. The molecule has 10 rings (SSSR count). The van der Waals surface area contributed by atoms with Crippen LogP contribution in [0.1, 0.15) is 0 Å². The van der Waals surface area contributed by atoms with Crippen molar-refractivity contribution >= 4 is 70.4 Å². The van der Waals surface area contributed by atoms with Crippen molar-refractivity contribution in [2.45, 2.75) is 0 Å². The fraction of sp³-hybridized carbons (Fsp3) is 0. The summed E-state index contributed by atoms with van der Waals surface area (Å²) < 4.78 is 5.00. The molecule has 0 aliphatic rings. The molecule has 8 aromatic carbocycles. The zero-order valence-electron chi connectivity index (χ0n) is 27.8. The van der Waals surface area contributed by atoms with Crippen LogP contribution in [-0.4, -0.2) is 4.57 Å². The first-order valence-electron chi connectivity index (χ1n) is 17.4. The van der Waals surface area contributed by atoms with Gasteiger partial charge in [0, 0.05) is 43.2 Å². The van der Waals surface area contributed by atoms with Gasteiger partial charge in [-0.3, -0.25) is 0 Å². The molecule has 0 unspecified atom stereocenters. The molecule has 0 saturated heterocycles. The van der Waals surface area contributed by atoms with Crippen LogP contribution in [-0.2, 0) is 0 Å². The third-order valence-corrected chi connectivity index (χ3v) is 11.2. The van der Waals surface area contributed by atoms with E-state index < -0.39 is 0 Å². The van der Waals surface area contributed by atoms with Gasteiger partial charge in [-0.1, -0.05) is 140 Å². The van der Waals surface area contributed by atoms with E-state index in [1.807, 2.05) is 11.3 Å². The van der Waals surface area contributed by atoms with Gasteiger partial charge in [-0.05, 0) is 71.3 Å². The molecular weight excluding hydrogens is 637 g/mol. The minimum Gasteiger partial charge on any atom is -0.309 e. The van der Waals surface area contributed by atoms with Crippen molar-refractivity contribution in [3.05, 3.63) is 194 Å². The van der Waals surface area contributed by atoms with Crippen LogP contribution in [0.5, 0.6) is 0 Å². The summed E-state index contributed by atoms with van der Waals surface area (Å²) in [5, 5.41) is 5.12. The Bertz CT molecular complexity index is 2810. The molecule has 51 heavy (non-hydrogen) atoms. The SMILES string of the molecule is c1ccc(-c2cccc(N(c3ccc(-c4ccccc4-n4c5ccccc5c5ccccc54)cc3)c3cccc4c3sc3ccccc34)c2)cc1. The van der Waals surface area contributed by atoms with Crippen molar-refractivity contribution in [2.24, 2.45) is 0 Å². The van der Waals surface area contributed by atoms with Crippen molar-refractivity contribution in [3.8, 4) is 27.9 Å². The van der Waals surface area contributed by atoms with E-state index in [9.17, 15) is 0 Å². The Balaban J connectivity index is 1.14. The van der Waals surface area contributed by atoms with Crippen molar-refractivity contribution in [3.63, 3.8) is 0 Å². The van der Waals surface area contributed by atoms with E-state index in [1.54, 1.807) is 0 Å². The highest BCUT2D eigenvalue weighted by Gasteiger charge is 2.20. The summed E-state index contributed by atoms with van der Waals surface area (Å²) in [5.74, 6) is 0. The van der Waals surface area contributed by atoms with Gasteiger partial charge in [0.05, 0.1) is 27.1 Å². The Morgan fingerprint density at radius 3 is 1.78 bits per heavy atom. The molecule has 0 aliphatic heterocycles. The number of nitrogens with zero attached hydrogens (tertiary/aromatic N) is 2. The van der Waals surface area contributed by atoms with E-state index in [1.165, 1.54) is 75.6 Å². The van der Waals surface area contributed by atoms with Crippen LogP contribution in [0.3, 0.4) is 0 Å². The molecule has 240 valence electrons. The van der Waals surface area contributed by atoms with E-state index in [4.69, 9.17) is 0 Å². The topological polar surface area (TPSA) is 8.17 Å². The minimum absolute atomic E-state index is 1.11. The lowest BCUT2D eigenvalue weighted by Gasteiger charge is -2.27. The molecule has 0 aliphatic carbocycles. The fourth-order valence-corrected chi connectivity index (χ4v) is 8.88. The number of thiophene rings is 1. The first-order chi connectivity index (χ1) is 25.3. The summed E-state index contributed by atoms with van der Waals surface area (Å²) in [5.41, 5.74) is 11.8. The van der Waals surface area contributed by atoms with E-state index in [0.717, 1.165) is 11.4 Å². The lowest BCUT2D eigenvalue weighted by molar-refractivity contribution is 1.18. The zero-order chi connectivity index (χ0) is 33.7. The van der Waals surface area contributed by atoms with Gasteiger partial charge in [-0.2, -0.15) is 0 Å². The van der Waals surface area contributed by atoms with Gasteiger partial charge < -0.3 is 9.47 Å². The van der Waals surface area contributed by atoms with Crippen LogP contribution in [0.4, 0.5) is 17.1 Å². The Hall–Kier alpha value is -6.42. The van der Waals surface area contributed by atoms with Crippen LogP contribution in [0.2, 0.25) is 0 Å². The Kier molecular flexibility index (Phi) is 7.04. The molecule has 2 aromatic heterocycles. The second-order valence-corrected chi connectivity index (χ2v) is 14.0. The van der Waals surface area contributed by atoms with Gasteiger partial charge in [-0.25, -0.2) is 0 Å². The standard InChI is InChI=1S/C48H32N2S/c1-2-14-33(15-3-1)35-16-12-17-37(32-35)49(46-26-13-22-42-41-21-7-11-27-47(41)51-48(42)46)36-30-28-34(29-31-36)38-18-4-8-23-43(38)50-44-24-9-5-19-39(44)40-20-6-10-25-45(40)50/h1-32H. The maximum Gasteiger partial charge on any atom is 0.0640 e. The normalized spacial score (nSPS) is 11.5. The summed E-state index contributed by atoms with van der Waals surface area (Å²) in [6.45, 7) is 0. The molecule has 0 amide bonds. The highest BCUT2D eigenvalue weighted by Crippen LogP contribution is 2.46. The first-order valence-corrected chi connectivity index (χ1v) is 18.2. The highest BCUT2D eigenvalue weighted by molar-refractivity contribution is 7.26. The maximum atomic E-state index is 2.42. The predicted octanol–water partition coefficient (Wildman–Crippen LogP) is 14.0. The van der Waals surface area contributed by atoms with Gasteiger partial charge in [0.2, 0.25) is 0 Å². The van der Waals surface area contributed by atoms with Crippen molar-refractivity contribution < 1.29 is 0 Å². The van der Waals surface area contributed by atoms with Crippen LogP contribution < -0.4 is 4.90 Å². The predicted molar refractivity (Wildman–Crippen MR) is 219 cm³/mol. The summed E-state index contributed by atoms with van der Waals surface area (Å²) in [6.07, 6.45) is 0. The number of aromatic nitrogens is 1. The third-order valence-electron chi connectivity index (χ3n) is 10.00. The largest absolute Gasteiger partial charge is 0.309 e. The van der Waals surface area contributed by atoms with Gasteiger partial charge in [-0.15, -0.1) is 11.3 Å². The second kappa shape index (κ2) is 12.2. The first kappa shape index (κ1) is 29.5. The Morgan fingerprint density at radius 2 is 1.00 bits per heavy atom. The molecule has 0 saturated carbocycles. The minimum atomic E-state index is 1.11. The fourth-order valence-electron chi connectivity index (χ4n) is 7.68. The highest BCUT2D eigenvalue weighted by atomic mass is 32.1. The number of benzene rings is 8. The molecule has 2 nitrogen and oxygen atoms in total. The molecule has 2 heterocycles. The van der Waals surface area contributed by atoms with Gasteiger partial charge >= 0.3 is 0 Å². The lowest BCUT2D eigenvalue weighted by Crippen LogP contribution is -2.10. The third kappa shape index (κ3) is 4.93. The quantitative estimate of drug-likeness (QED) is 0.171. The molecule has 0 radical (unpaired) electrons. The second-order valence-electron chi connectivity index (χ2n) is 12.9. The number of para-hydroxylation sites is 3. The van der Waals surface area contributed by atoms with Gasteiger partial charge in [0.1, 0.15) is 0 Å². The van der Waals surface area contributed by atoms with Crippen molar-refractivity contribution in [2.75, 3.05) is 4.90 Å². The number of hydrogen-bond acceptors (Lipinski definition) is 2. The molecule has 0 N–H and O–H groups in total. The van der Waals surface area contributed by atoms with Crippen LogP contribution in [0.25, 0.3) is 69.9 Å². The van der Waals surface area contributed by atoms with E-state index in [-0.39, 0.29) is 0 Å². The average molecular weight is 669 g/mol. The monoisotopic (exact) mass is 668 g/mol. The summed E-state index contributed by atoms with van der Waals surface area (Å²) in [4.78, 5) is 2.42. The summed E-state index contributed by atoms with van der Waals surface area (Å²) >= 11 is 1.86. The van der Waals surface area contributed by atoms with E-state index in [0.29, 0.717) is 0 Å². The Morgan fingerprint density at radius 1 is 0.392 bits per heavy atom. The number of anilines is 3. The van der Waals surface area contributed by atoms with Crippen molar-refractivity contribution in [1.82, 2.24) is 4.57 Å². The number of rotatable bonds is 6. The van der Waals surface area contributed by atoms with Crippen LogP contribution in [0, 0.1) is 0 Å². The van der Waals surface area contributed by atoms with E-state index >= 15 is 0 Å². The molecule has 10 aromatic rings. The van der Waals surface area contributed by atoms with Crippen molar-refractivity contribution in [1.29, 1.82) is 0 Å². The van der Waals surface area contributed by atoms with Gasteiger partial charge in [0.25, 0.3) is 0 Å². The van der Waals surface area contributed by atoms with Crippen LogP contribution >= 0.6 is 11.3 Å². The van der Waals surface area contributed by atoms with Gasteiger partial charge in [0.15, 0.2) is 0 Å². The van der Waals surface area contributed by atoms with E-state index in [2.05, 4.69) is 204 Å². The summed E-state index contributed by atoms with van der Waals surface area (Å²) in [7, 11) is 0. The number of hydrogen-bond donors (Lipinski definition) is 0. The zero-order valence-corrected chi connectivity index (χ0v) is 28.6. The molecular formula is C48H32N2S. The molecule has 3 heteroatoms. The number of fused-ring (bicyclic) bond motifs is 6. The Labute approximate surface area is 300 Å². The molecule has 0 atom stereocenters. The summed E-state index contributed by atoms with van der Waals surface area (Å²) in [6, 6.07) is 70.3. The average Bonchev–Trinajstić information content (AvgIpc) is 3.75. The van der Waals surface area contributed by atoms with Crippen LogP contribution in [0.15, 0.2) is 194 Å². The lowest BCUT2D eigenvalue weighted by atomic mass is 10.0. The molecule has 0 fully saturated rings. The molecule has 0 bridgehead atoms. The maximum absolute atomic E-state index is 2.42. The smallest absolute Gasteiger partial charge is 0.0640 e.